The van der Waals surface area contributed by atoms with Crippen LogP contribution < -0.4 is 0 Å². The van der Waals surface area contributed by atoms with E-state index in [1.54, 1.807) is 18.2 Å². The Kier molecular flexibility index (Phi) is 7.02. The van der Waals surface area contributed by atoms with Crippen LogP contribution in [0.3, 0.4) is 0 Å². The molecule has 2 aliphatic carbocycles. The van der Waals surface area contributed by atoms with Crippen LogP contribution in [0.5, 0.6) is 0 Å². The summed E-state index contributed by atoms with van der Waals surface area (Å²) in [6.45, 7) is 12.8. The van der Waals surface area contributed by atoms with Gasteiger partial charge in [0.25, 0.3) is 0 Å². The Morgan fingerprint density at radius 3 is 2.32 bits per heavy atom. The van der Waals surface area contributed by atoms with Crippen molar-refractivity contribution in [2.75, 3.05) is 0 Å². The van der Waals surface area contributed by atoms with Crippen LogP contribution in [0.2, 0.25) is 0 Å². The quantitative estimate of drug-likeness (QED) is 0.568. The summed E-state index contributed by atoms with van der Waals surface area (Å²) in [7, 11) is -3.71. The first-order valence-corrected chi connectivity index (χ1v) is 13.0. The zero-order chi connectivity index (χ0) is 23.0. The van der Waals surface area contributed by atoms with Gasteiger partial charge in [-0.1, -0.05) is 67.8 Å². The fourth-order valence-corrected chi connectivity index (χ4v) is 7.17. The third kappa shape index (κ3) is 4.75. The maximum absolute atomic E-state index is 13.5. The molecule has 0 amide bonds. The number of fused-ring (bicyclic) bond motifs is 1. The molecular weight excluding hydrogens is 404 g/mol. The molecule has 170 valence electrons. The molecule has 3 nitrogen and oxygen atoms in total. The molecule has 0 fully saturated rings. The van der Waals surface area contributed by atoms with Gasteiger partial charge >= 0.3 is 0 Å². The van der Waals surface area contributed by atoms with Gasteiger partial charge in [0, 0.05) is 0 Å². The van der Waals surface area contributed by atoms with Crippen LogP contribution in [0.15, 0.2) is 64.1 Å². The van der Waals surface area contributed by atoms with E-state index in [1.165, 1.54) is 5.57 Å². The van der Waals surface area contributed by atoms with Crippen molar-refractivity contribution in [2.24, 2.45) is 17.3 Å². The van der Waals surface area contributed by atoms with E-state index in [0.29, 0.717) is 11.8 Å². The summed E-state index contributed by atoms with van der Waals surface area (Å²) in [5.41, 5.74) is 4.32. The van der Waals surface area contributed by atoms with Crippen LogP contribution in [0.1, 0.15) is 65.9 Å². The lowest BCUT2D eigenvalue weighted by Crippen LogP contribution is -2.34. The standard InChI is InChI=1S/C27H38O3S/c1-18(2)24-14-11-22-10-9-21(5)26(28)25(17-20(4)15-16-27(22,24)6)31(29,30)23-12-7-19(3)8-13-23/h7-9,11-13,17-18,24-26,28H,10,14-16H2,1-6H3/b20-17+,21-9+/t24-,25-,26+,27+/m0/s1. The van der Waals surface area contributed by atoms with Crippen LogP contribution in [0.4, 0.5) is 0 Å². The molecule has 1 aromatic rings. The van der Waals surface area contributed by atoms with Crippen molar-refractivity contribution in [1.29, 1.82) is 0 Å². The number of aliphatic hydroxyl groups is 1. The average Bonchev–Trinajstić information content (AvgIpc) is 3.04. The minimum atomic E-state index is -3.71. The second kappa shape index (κ2) is 9.07. The van der Waals surface area contributed by atoms with Gasteiger partial charge in [0.15, 0.2) is 9.84 Å². The topological polar surface area (TPSA) is 54.4 Å². The number of hydrogen-bond donors (Lipinski definition) is 1. The summed E-state index contributed by atoms with van der Waals surface area (Å²) in [6, 6.07) is 6.91. The summed E-state index contributed by atoms with van der Waals surface area (Å²) in [5.74, 6) is 1.19. The number of rotatable bonds is 3. The lowest BCUT2D eigenvalue weighted by Gasteiger charge is -2.38. The van der Waals surface area contributed by atoms with E-state index in [9.17, 15) is 13.5 Å². The lowest BCUT2D eigenvalue weighted by molar-refractivity contribution is 0.183. The van der Waals surface area contributed by atoms with E-state index < -0.39 is 21.2 Å². The number of hydrogen-bond acceptors (Lipinski definition) is 3. The van der Waals surface area contributed by atoms with Crippen molar-refractivity contribution in [3.05, 3.63) is 64.8 Å². The Hall–Kier alpha value is -1.65. The number of aryl methyl sites for hydroxylation is 1. The Labute approximate surface area is 188 Å². The first-order chi connectivity index (χ1) is 14.5. The van der Waals surface area contributed by atoms with E-state index >= 15 is 0 Å². The van der Waals surface area contributed by atoms with Crippen molar-refractivity contribution in [1.82, 2.24) is 0 Å². The molecule has 2 aliphatic rings. The normalized spacial score (nSPS) is 33.5. The number of benzene rings is 1. The van der Waals surface area contributed by atoms with Crippen molar-refractivity contribution < 1.29 is 13.5 Å². The van der Waals surface area contributed by atoms with Gasteiger partial charge in [-0.25, -0.2) is 8.42 Å². The van der Waals surface area contributed by atoms with E-state index in [4.69, 9.17) is 0 Å². The molecule has 0 spiro atoms. The van der Waals surface area contributed by atoms with Crippen molar-refractivity contribution in [2.45, 2.75) is 83.5 Å². The third-order valence-electron chi connectivity index (χ3n) is 7.59. The molecule has 0 heterocycles. The van der Waals surface area contributed by atoms with Gasteiger partial charge in [-0.05, 0) is 81.4 Å². The smallest absolute Gasteiger partial charge is 0.187 e. The average molecular weight is 443 g/mol. The highest BCUT2D eigenvalue weighted by Crippen LogP contribution is 2.52. The van der Waals surface area contributed by atoms with Crippen LogP contribution >= 0.6 is 0 Å². The highest BCUT2D eigenvalue weighted by Gasteiger charge is 2.42. The summed E-state index contributed by atoms with van der Waals surface area (Å²) in [4.78, 5) is 0.264. The zero-order valence-corrected chi connectivity index (χ0v) is 20.7. The third-order valence-corrected chi connectivity index (χ3v) is 9.63. The predicted molar refractivity (Wildman–Crippen MR) is 129 cm³/mol. The molecule has 0 saturated carbocycles. The summed E-state index contributed by atoms with van der Waals surface area (Å²) in [5, 5.41) is 10.2. The maximum Gasteiger partial charge on any atom is 0.187 e. The molecule has 0 radical (unpaired) electrons. The Morgan fingerprint density at radius 1 is 1.06 bits per heavy atom. The molecule has 4 heteroatoms. The van der Waals surface area contributed by atoms with Gasteiger partial charge in [-0.3, -0.25) is 0 Å². The monoisotopic (exact) mass is 442 g/mol. The Morgan fingerprint density at radius 2 is 1.71 bits per heavy atom. The van der Waals surface area contributed by atoms with Crippen molar-refractivity contribution in [3.8, 4) is 0 Å². The molecule has 4 atom stereocenters. The van der Waals surface area contributed by atoms with Crippen molar-refractivity contribution >= 4 is 9.84 Å². The molecule has 1 aromatic carbocycles. The maximum atomic E-state index is 13.5. The van der Waals surface area contributed by atoms with Crippen LogP contribution in [-0.2, 0) is 9.84 Å². The summed E-state index contributed by atoms with van der Waals surface area (Å²) in [6.07, 6.45) is 8.89. The fraction of sp³-hybridized carbons (Fsp3) is 0.556. The minimum Gasteiger partial charge on any atom is -0.387 e. The highest BCUT2D eigenvalue weighted by molar-refractivity contribution is 7.92. The second-order valence-electron chi connectivity index (χ2n) is 10.2. The van der Waals surface area contributed by atoms with Gasteiger partial charge in [-0.15, -0.1) is 0 Å². The Balaban J connectivity index is 2.03. The van der Waals surface area contributed by atoms with E-state index in [-0.39, 0.29) is 10.3 Å². The van der Waals surface area contributed by atoms with Crippen LogP contribution in [0.25, 0.3) is 0 Å². The largest absolute Gasteiger partial charge is 0.387 e. The van der Waals surface area contributed by atoms with Gasteiger partial charge in [-0.2, -0.15) is 0 Å². The lowest BCUT2D eigenvalue weighted by atomic mass is 9.67. The second-order valence-corrected chi connectivity index (χ2v) is 12.3. The van der Waals surface area contributed by atoms with Crippen molar-refractivity contribution in [3.63, 3.8) is 0 Å². The fourth-order valence-electron chi connectivity index (χ4n) is 5.38. The number of allylic oxidation sites excluding steroid dienone is 4. The number of sulfone groups is 1. The molecule has 31 heavy (non-hydrogen) atoms. The van der Waals surface area contributed by atoms with Gasteiger partial charge in [0.2, 0.25) is 0 Å². The van der Waals surface area contributed by atoms with E-state index in [1.807, 2.05) is 39.0 Å². The molecular formula is C27H38O3S. The SMILES string of the molecule is C/C1=C\[C@H](S(=O)(=O)c2ccc(C)cc2)[C@H](O)/C(C)=C/CC2=CC[C@@H](C(C)C)[C@]2(C)CC1. The zero-order valence-electron chi connectivity index (χ0n) is 19.9. The first-order valence-electron chi connectivity index (χ1n) is 11.5. The minimum absolute atomic E-state index is 0.112. The molecule has 0 unspecified atom stereocenters. The molecule has 0 aromatic heterocycles. The molecule has 0 saturated heterocycles. The van der Waals surface area contributed by atoms with Gasteiger partial charge < -0.3 is 5.11 Å². The predicted octanol–water partition coefficient (Wildman–Crippen LogP) is 6.18. The summed E-state index contributed by atoms with van der Waals surface area (Å²) >= 11 is 0. The molecule has 0 bridgehead atoms. The first kappa shape index (κ1) is 24.0. The molecule has 1 N–H and O–H groups in total. The number of aliphatic hydroxyl groups excluding tert-OH is 1. The summed E-state index contributed by atoms with van der Waals surface area (Å²) < 4.78 is 27.0. The van der Waals surface area contributed by atoms with Crippen LogP contribution in [-0.4, -0.2) is 24.9 Å². The highest BCUT2D eigenvalue weighted by atomic mass is 32.2. The molecule has 0 aliphatic heterocycles. The van der Waals surface area contributed by atoms with Gasteiger partial charge in [0.05, 0.1) is 11.0 Å². The van der Waals surface area contributed by atoms with Gasteiger partial charge in [0.1, 0.15) is 5.25 Å². The van der Waals surface area contributed by atoms with E-state index in [2.05, 4.69) is 26.8 Å². The Bertz CT molecular complexity index is 995. The van der Waals surface area contributed by atoms with E-state index in [0.717, 1.165) is 42.4 Å². The van der Waals surface area contributed by atoms with Crippen LogP contribution in [0, 0.1) is 24.2 Å². The molecule has 3 rings (SSSR count).